The van der Waals surface area contributed by atoms with Crippen molar-refractivity contribution in [3.05, 3.63) is 57.6 Å². The van der Waals surface area contributed by atoms with Gasteiger partial charge in [-0.05, 0) is 65.5 Å². The van der Waals surface area contributed by atoms with E-state index < -0.39 is 0 Å². The van der Waals surface area contributed by atoms with Gasteiger partial charge in [-0.3, -0.25) is 0 Å². The molecule has 0 amide bonds. The Kier molecular flexibility index (Phi) is 7.14. The van der Waals surface area contributed by atoms with Gasteiger partial charge in [0.1, 0.15) is 11.5 Å². The molecule has 2 N–H and O–H groups in total. The monoisotopic (exact) mass is 354 g/mol. The van der Waals surface area contributed by atoms with Gasteiger partial charge in [0.2, 0.25) is 0 Å². The van der Waals surface area contributed by atoms with Gasteiger partial charge in [0.25, 0.3) is 0 Å². The van der Waals surface area contributed by atoms with Gasteiger partial charge in [-0.15, -0.1) is 0 Å². The Labute approximate surface area is 158 Å². The lowest BCUT2D eigenvalue weighted by molar-refractivity contribution is 0.461. The van der Waals surface area contributed by atoms with Crippen LogP contribution in [0.4, 0.5) is 0 Å². The summed E-state index contributed by atoms with van der Waals surface area (Å²) in [7, 11) is 0. The molecule has 2 rings (SSSR count). The molecular formula is C24H34O2. The van der Waals surface area contributed by atoms with E-state index in [1.807, 2.05) is 0 Å². The van der Waals surface area contributed by atoms with Crippen LogP contribution in [-0.2, 0) is 25.7 Å². The van der Waals surface area contributed by atoms with E-state index in [1.165, 1.54) is 11.1 Å². The zero-order valence-electron chi connectivity index (χ0n) is 17.0. The lowest BCUT2D eigenvalue weighted by Gasteiger charge is -2.22. The van der Waals surface area contributed by atoms with Crippen LogP contribution in [0, 0.1) is 0 Å². The zero-order chi connectivity index (χ0) is 19.3. The van der Waals surface area contributed by atoms with Gasteiger partial charge in [-0.2, -0.15) is 0 Å². The van der Waals surface area contributed by atoms with Crippen molar-refractivity contribution in [2.24, 2.45) is 0 Å². The molecule has 0 aliphatic carbocycles. The lowest BCUT2D eigenvalue weighted by Crippen LogP contribution is -2.05. The molecule has 0 aliphatic heterocycles. The summed E-state index contributed by atoms with van der Waals surface area (Å²) in [5.41, 5.74) is 6.70. The molecule has 0 spiro atoms. The highest BCUT2D eigenvalue weighted by molar-refractivity contribution is 5.50. The van der Waals surface area contributed by atoms with Crippen molar-refractivity contribution in [1.82, 2.24) is 0 Å². The van der Waals surface area contributed by atoms with E-state index in [4.69, 9.17) is 0 Å². The Hall–Kier alpha value is -1.96. The third kappa shape index (κ3) is 4.06. The largest absolute Gasteiger partial charge is 0.507 e. The van der Waals surface area contributed by atoms with Crippen molar-refractivity contribution >= 4 is 0 Å². The molecule has 0 saturated heterocycles. The fourth-order valence-corrected chi connectivity index (χ4v) is 3.87. The van der Waals surface area contributed by atoms with Crippen LogP contribution in [0.15, 0.2) is 24.3 Å². The van der Waals surface area contributed by atoms with Crippen LogP contribution in [-0.4, -0.2) is 10.2 Å². The molecule has 0 unspecified atom stereocenters. The smallest absolute Gasteiger partial charge is 0.121 e. The van der Waals surface area contributed by atoms with Crippen molar-refractivity contribution in [2.75, 3.05) is 0 Å². The molecule has 0 radical (unpaired) electrons. The second-order valence-corrected chi connectivity index (χ2v) is 7.13. The van der Waals surface area contributed by atoms with Crippen LogP contribution in [0.25, 0.3) is 0 Å². The van der Waals surface area contributed by atoms with Crippen molar-refractivity contribution in [3.63, 3.8) is 0 Å². The molecule has 0 aliphatic rings. The van der Waals surface area contributed by atoms with Crippen LogP contribution in [0.1, 0.15) is 86.8 Å². The molecule has 2 nitrogen and oxygen atoms in total. The molecule has 0 aromatic heterocycles. The molecular weight excluding hydrogens is 320 g/mol. The number of hydrogen-bond donors (Lipinski definition) is 2. The first-order valence-electron chi connectivity index (χ1n) is 10.2. The predicted octanol–water partition coefficient (Wildman–Crippen LogP) is 6.28. The van der Waals surface area contributed by atoms with E-state index in [9.17, 15) is 10.2 Å². The maximum Gasteiger partial charge on any atom is 0.121 e. The van der Waals surface area contributed by atoms with Gasteiger partial charge in [-0.25, -0.2) is 0 Å². The van der Waals surface area contributed by atoms with Crippen molar-refractivity contribution < 1.29 is 10.2 Å². The number of benzene rings is 2. The fraction of sp³-hybridized carbons (Fsp3) is 0.500. The van der Waals surface area contributed by atoms with Crippen LogP contribution >= 0.6 is 0 Å². The summed E-state index contributed by atoms with van der Waals surface area (Å²) >= 11 is 0. The summed E-state index contributed by atoms with van der Waals surface area (Å²) in [6.07, 6.45) is 5.50. The Morgan fingerprint density at radius 2 is 0.923 bits per heavy atom. The minimum atomic E-state index is 0.299. The first kappa shape index (κ1) is 20.4. The highest BCUT2D eigenvalue weighted by Gasteiger charge is 2.19. The number of aromatic hydroxyl groups is 2. The summed E-state index contributed by atoms with van der Waals surface area (Å²) < 4.78 is 0. The summed E-state index contributed by atoms with van der Waals surface area (Å²) in [6.45, 7) is 10.6. The van der Waals surface area contributed by atoms with Crippen LogP contribution in [0.2, 0.25) is 0 Å². The third-order valence-corrected chi connectivity index (χ3v) is 5.49. The topological polar surface area (TPSA) is 40.5 Å². The fourth-order valence-electron chi connectivity index (χ4n) is 3.87. The second kappa shape index (κ2) is 9.12. The average molecular weight is 355 g/mol. The van der Waals surface area contributed by atoms with Gasteiger partial charge >= 0.3 is 0 Å². The molecule has 0 saturated carbocycles. The molecule has 2 heteroatoms. The molecule has 0 bridgehead atoms. The number of aryl methyl sites for hydroxylation is 4. The van der Waals surface area contributed by atoms with E-state index >= 15 is 0 Å². The number of phenolic OH excluding ortho intramolecular Hbond substituents is 2. The van der Waals surface area contributed by atoms with Crippen LogP contribution < -0.4 is 0 Å². The molecule has 0 heterocycles. The summed E-state index contributed by atoms with van der Waals surface area (Å²) in [5, 5.41) is 20.9. The summed E-state index contributed by atoms with van der Waals surface area (Å²) in [5.74, 6) is 1.22. The van der Waals surface area contributed by atoms with Crippen molar-refractivity contribution in [1.29, 1.82) is 0 Å². The Morgan fingerprint density at radius 3 is 1.15 bits per heavy atom. The van der Waals surface area contributed by atoms with Crippen LogP contribution in [0.3, 0.4) is 0 Å². The van der Waals surface area contributed by atoms with E-state index in [2.05, 4.69) is 58.9 Å². The maximum atomic E-state index is 10.5. The Morgan fingerprint density at radius 1 is 0.615 bits per heavy atom. The zero-order valence-corrected chi connectivity index (χ0v) is 17.0. The molecule has 0 atom stereocenters. The maximum absolute atomic E-state index is 10.5. The van der Waals surface area contributed by atoms with Crippen LogP contribution in [0.5, 0.6) is 11.5 Å². The molecule has 142 valence electrons. The Bertz CT molecular complexity index is 634. The second-order valence-electron chi connectivity index (χ2n) is 7.13. The lowest BCUT2D eigenvalue weighted by atomic mass is 9.83. The minimum Gasteiger partial charge on any atom is -0.507 e. The molecule has 2 aromatic carbocycles. The van der Waals surface area contributed by atoms with Gasteiger partial charge in [0.15, 0.2) is 0 Å². The van der Waals surface area contributed by atoms with Gasteiger partial charge in [-0.1, -0.05) is 65.3 Å². The van der Waals surface area contributed by atoms with E-state index in [0.29, 0.717) is 17.4 Å². The molecule has 0 fully saturated rings. The number of rotatable bonds is 8. The van der Waals surface area contributed by atoms with Crippen molar-refractivity contribution in [3.8, 4) is 11.5 Å². The van der Waals surface area contributed by atoms with Gasteiger partial charge < -0.3 is 10.2 Å². The minimum absolute atomic E-state index is 0.299. The summed E-state index contributed by atoms with van der Waals surface area (Å²) in [6, 6.07) is 8.72. The predicted molar refractivity (Wildman–Crippen MR) is 110 cm³/mol. The van der Waals surface area contributed by atoms with E-state index in [1.54, 1.807) is 0 Å². The standard InChI is InChI=1S/C24H34O2/c1-6-11-22(20-12-16(7-2)23(25)17(8-3)13-20)21-14-18(9-4)24(26)19(10-5)15-21/h12-15,22,25-26H,6-11H2,1-5H3. The molecule has 2 aromatic rings. The normalized spacial score (nSPS) is 11.3. The Balaban J connectivity index is 2.63. The number of phenols is 2. The van der Waals surface area contributed by atoms with Crippen molar-refractivity contribution in [2.45, 2.75) is 79.1 Å². The summed E-state index contributed by atoms with van der Waals surface area (Å²) in [4.78, 5) is 0. The quantitative estimate of drug-likeness (QED) is 0.585. The first-order chi connectivity index (χ1) is 12.5. The third-order valence-electron chi connectivity index (χ3n) is 5.49. The highest BCUT2D eigenvalue weighted by atomic mass is 16.3. The number of hydrogen-bond acceptors (Lipinski definition) is 2. The van der Waals surface area contributed by atoms with Gasteiger partial charge in [0.05, 0.1) is 0 Å². The SMILES string of the molecule is CCCC(c1cc(CC)c(O)c(CC)c1)c1cc(CC)c(O)c(CC)c1. The average Bonchev–Trinajstić information content (AvgIpc) is 2.66. The van der Waals surface area contributed by atoms with E-state index in [-0.39, 0.29) is 0 Å². The van der Waals surface area contributed by atoms with E-state index in [0.717, 1.165) is 60.8 Å². The highest BCUT2D eigenvalue weighted by Crippen LogP contribution is 2.37. The molecule has 26 heavy (non-hydrogen) atoms. The first-order valence-corrected chi connectivity index (χ1v) is 10.2. The van der Waals surface area contributed by atoms with Gasteiger partial charge in [0, 0.05) is 5.92 Å².